The van der Waals surface area contributed by atoms with Crippen LogP contribution in [0.15, 0.2) is 40.9 Å². The molecule has 0 spiro atoms. The lowest BCUT2D eigenvalue weighted by atomic mass is 9.80. The van der Waals surface area contributed by atoms with E-state index in [-0.39, 0.29) is 5.82 Å². The molecule has 4 aromatic rings. The molecule has 0 amide bonds. The van der Waals surface area contributed by atoms with Crippen molar-refractivity contribution in [3.63, 3.8) is 0 Å². The van der Waals surface area contributed by atoms with Gasteiger partial charge in [-0.2, -0.15) is 5.26 Å². The molecule has 0 atom stereocenters. The minimum atomic E-state index is -0.368. The van der Waals surface area contributed by atoms with Gasteiger partial charge in [0.25, 0.3) is 0 Å². The smallest absolute Gasteiger partial charge is 0.152 e. The predicted molar refractivity (Wildman–Crippen MR) is 106 cm³/mol. The monoisotopic (exact) mass is 418 g/mol. The Balaban J connectivity index is 2.02. The van der Waals surface area contributed by atoms with Crippen molar-refractivity contribution in [2.75, 3.05) is 0 Å². The van der Waals surface area contributed by atoms with Crippen molar-refractivity contribution in [2.45, 2.75) is 12.8 Å². The molecule has 0 fully saturated rings. The standard InChI is InChI=1S/C22H12BrFN2O/c23-12-2-5-14-11(7-12)1-4-15-20(14)18(10-27)17(9-25)21-16-8-13(24)3-6-19(16)26-22(15)21/h2-3,5-8,10,26H,1,4H2. The summed E-state index contributed by atoms with van der Waals surface area (Å²) >= 11 is 3.50. The third-order valence-corrected chi connectivity index (χ3v) is 5.86. The van der Waals surface area contributed by atoms with E-state index in [2.05, 4.69) is 33.0 Å². The predicted octanol–water partition coefficient (Wildman–Crippen LogP) is 5.67. The number of nitriles is 1. The number of H-pyrrole nitrogens is 1. The van der Waals surface area contributed by atoms with Crippen LogP contribution >= 0.6 is 15.9 Å². The number of carbonyl (C=O) groups is 1. The van der Waals surface area contributed by atoms with E-state index < -0.39 is 0 Å². The Kier molecular flexibility index (Phi) is 3.46. The summed E-state index contributed by atoms with van der Waals surface area (Å²) in [6, 6.07) is 12.7. The molecule has 0 saturated carbocycles. The van der Waals surface area contributed by atoms with Gasteiger partial charge in [0.1, 0.15) is 11.9 Å². The lowest BCUT2D eigenvalue weighted by Gasteiger charge is -2.23. The molecule has 130 valence electrons. The number of fused-ring (bicyclic) bond motifs is 7. The Morgan fingerprint density at radius 3 is 2.81 bits per heavy atom. The molecule has 3 nitrogen and oxygen atoms in total. The number of carbonyl (C=O) groups excluding carboxylic acids is 1. The second-order valence-corrected chi connectivity index (χ2v) is 7.65. The highest BCUT2D eigenvalue weighted by Crippen LogP contribution is 2.44. The highest BCUT2D eigenvalue weighted by atomic mass is 79.9. The topological polar surface area (TPSA) is 56.6 Å². The quantitative estimate of drug-likeness (QED) is 0.404. The molecule has 1 aliphatic carbocycles. The van der Waals surface area contributed by atoms with Gasteiger partial charge in [-0.1, -0.05) is 22.0 Å². The molecule has 1 aromatic heterocycles. The molecule has 1 heterocycles. The van der Waals surface area contributed by atoms with Crippen molar-refractivity contribution in [3.05, 3.63) is 68.9 Å². The van der Waals surface area contributed by atoms with Gasteiger partial charge in [-0.05, 0) is 65.4 Å². The second kappa shape index (κ2) is 5.77. The highest BCUT2D eigenvalue weighted by molar-refractivity contribution is 9.10. The third kappa shape index (κ3) is 2.20. The van der Waals surface area contributed by atoms with Gasteiger partial charge < -0.3 is 4.98 Å². The van der Waals surface area contributed by atoms with E-state index in [1.165, 1.54) is 12.1 Å². The van der Waals surface area contributed by atoms with Crippen LogP contribution in [-0.4, -0.2) is 11.3 Å². The summed E-state index contributed by atoms with van der Waals surface area (Å²) in [6.45, 7) is 0. The first-order valence-electron chi connectivity index (χ1n) is 8.56. The zero-order valence-corrected chi connectivity index (χ0v) is 15.7. The zero-order valence-electron chi connectivity index (χ0n) is 14.1. The number of rotatable bonds is 1. The van der Waals surface area contributed by atoms with E-state index in [0.29, 0.717) is 21.9 Å². The van der Waals surface area contributed by atoms with Crippen LogP contribution in [0.5, 0.6) is 0 Å². The fourth-order valence-corrected chi connectivity index (χ4v) is 4.67. The number of hydrogen-bond donors (Lipinski definition) is 1. The Morgan fingerprint density at radius 1 is 1.19 bits per heavy atom. The average molecular weight is 419 g/mol. The third-order valence-electron chi connectivity index (χ3n) is 5.36. The van der Waals surface area contributed by atoms with Crippen LogP contribution in [0.1, 0.15) is 27.0 Å². The van der Waals surface area contributed by atoms with Crippen LogP contribution in [0.25, 0.3) is 32.9 Å². The van der Waals surface area contributed by atoms with Gasteiger partial charge in [-0.3, -0.25) is 4.79 Å². The maximum atomic E-state index is 13.9. The first-order valence-corrected chi connectivity index (χ1v) is 9.35. The summed E-state index contributed by atoms with van der Waals surface area (Å²) in [7, 11) is 0. The van der Waals surface area contributed by atoms with Crippen LogP contribution in [0.4, 0.5) is 4.39 Å². The SMILES string of the molecule is N#Cc1c(C=O)c2c(c3[nH]c4ccc(F)cc4c13)CCc1cc(Br)ccc1-2. The number of aldehydes is 1. The van der Waals surface area contributed by atoms with Crippen molar-refractivity contribution < 1.29 is 9.18 Å². The van der Waals surface area contributed by atoms with Gasteiger partial charge in [-0.25, -0.2) is 4.39 Å². The fraction of sp³-hybridized carbons (Fsp3) is 0.0909. The number of aromatic nitrogens is 1. The second-order valence-electron chi connectivity index (χ2n) is 6.74. The van der Waals surface area contributed by atoms with Crippen LogP contribution < -0.4 is 0 Å². The van der Waals surface area contributed by atoms with E-state index in [0.717, 1.165) is 56.9 Å². The minimum Gasteiger partial charge on any atom is -0.354 e. The molecule has 3 aromatic carbocycles. The van der Waals surface area contributed by atoms with E-state index in [1.54, 1.807) is 6.07 Å². The van der Waals surface area contributed by atoms with Gasteiger partial charge in [-0.15, -0.1) is 0 Å². The number of halogens is 2. The number of aryl methyl sites for hydroxylation is 2. The molecule has 0 aliphatic heterocycles. The minimum absolute atomic E-state index is 0.298. The van der Waals surface area contributed by atoms with Crippen LogP contribution in [0.3, 0.4) is 0 Å². The largest absolute Gasteiger partial charge is 0.354 e. The van der Waals surface area contributed by atoms with Gasteiger partial charge in [0.05, 0.1) is 11.1 Å². The normalized spacial score (nSPS) is 12.6. The summed E-state index contributed by atoms with van der Waals surface area (Å²) in [4.78, 5) is 15.4. The number of benzene rings is 3. The van der Waals surface area contributed by atoms with Crippen molar-refractivity contribution in [1.82, 2.24) is 4.98 Å². The fourth-order valence-electron chi connectivity index (χ4n) is 4.26. The van der Waals surface area contributed by atoms with Crippen molar-refractivity contribution in [2.24, 2.45) is 0 Å². The Hall–Kier alpha value is -2.97. The number of aromatic amines is 1. The maximum absolute atomic E-state index is 13.9. The molecule has 1 N–H and O–H groups in total. The molecular formula is C22H12BrFN2O. The molecule has 0 unspecified atom stereocenters. The van der Waals surface area contributed by atoms with E-state index in [1.807, 2.05) is 12.1 Å². The summed E-state index contributed by atoms with van der Waals surface area (Å²) < 4.78 is 14.8. The van der Waals surface area contributed by atoms with Crippen LogP contribution in [-0.2, 0) is 12.8 Å². The molecule has 5 rings (SSSR count). The van der Waals surface area contributed by atoms with Gasteiger partial charge in [0.15, 0.2) is 6.29 Å². The lowest BCUT2D eigenvalue weighted by molar-refractivity contribution is 0.112. The molecule has 0 saturated heterocycles. The molecular weight excluding hydrogens is 407 g/mol. The molecule has 5 heteroatoms. The summed E-state index contributed by atoms with van der Waals surface area (Å²) in [5.74, 6) is -0.368. The van der Waals surface area contributed by atoms with Gasteiger partial charge in [0.2, 0.25) is 0 Å². The summed E-state index contributed by atoms with van der Waals surface area (Å²) in [5, 5.41) is 11.1. The molecule has 0 radical (unpaired) electrons. The first kappa shape index (κ1) is 16.2. The highest BCUT2D eigenvalue weighted by Gasteiger charge is 2.27. The lowest BCUT2D eigenvalue weighted by Crippen LogP contribution is -2.09. The Morgan fingerprint density at radius 2 is 2.04 bits per heavy atom. The zero-order chi connectivity index (χ0) is 18.7. The van der Waals surface area contributed by atoms with Gasteiger partial charge in [0, 0.05) is 26.3 Å². The maximum Gasteiger partial charge on any atom is 0.152 e. The Bertz CT molecular complexity index is 1330. The first-order chi connectivity index (χ1) is 13.1. The van der Waals surface area contributed by atoms with E-state index >= 15 is 0 Å². The van der Waals surface area contributed by atoms with Crippen LogP contribution in [0.2, 0.25) is 0 Å². The molecule has 0 bridgehead atoms. The average Bonchev–Trinajstić information content (AvgIpc) is 3.04. The van der Waals surface area contributed by atoms with Crippen molar-refractivity contribution in [3.8, 4) is 17.2 Å². The van der Waals surface area contributed by atoms with Crippen molar-refractivity contribution in [1.29, 1.82) is 5.26 Å². The van der Waals surface area contributed by atoms with Crippen LogP contribution in [0, 0.1) is 17.1 Å². The van der Waals surface area contributed by atoms with Gasteiger partial charge >= 0.3 is 0 Å². The van der Waals surface area contributed by atoms with Crippen molar-refractivity contribution >= 4 is 44.0 Å². The number of hydrogen-bond acceptors (Lipinski definition) is 2. The number of nitrogens with one attached hydrogen (secondary N) is 1. The van der Waals surface area contributed by atoms with E-state index in [4.69, 9.17) is 0 Å². The molecule has 27 heavy (non-hydrogen) atoms. The summed E-state index contributed by atoms with van der Waals surface area (Å²) in [5.41, 5.74) is 6.21. The Labute approximate surface area is 162 Å². The number of nitrogens with zero attached hydrogens (tertiary/aromatic N) is 1. The summed E-state index contributed by atoms with van der Waals surface area (Å²) in [6.07, 6.45) is 2.34. The van der Waals surface area contributed by atoms with E-state index in [9.17, 15) is 14.4 Å². The molecule has 1 aliphatic rings.